The number of carbonyl (C=O) groups excluding carboxylic acids is 1. The third kappa shape index (κ3) is 6.94. The van der Waals surface area contributed by atoms with Gasteiger partial charge in [0.25, 0.3) is 0 Å². The van der Waals surface area contributed by atoms with Crippen LogP contribution in [0.2, 0.25) is 10.0 Å². The maximum atomic E-state index is 10.5. The maximum Gasteiger partial charge on any atom is 0.246 e. The van der Waals surface area contributed by atoms with E-state index in [1.165, 1.54) is 0 Å². The molecule has 6 nitrogen and oxygen atoms in total. The molecule has 1 heterocycles. The van der Waals surface area contributed by atoms with Gasteiger partial charge in [0, 0.05) is 34.9 Å². The van der Waals surface area contributed by atoms with Crippen LogP contribution >= 0.6 is 23.2 Å². The first-order valence-electron chi connectivity index (χ1n) is 11.8. The summed E-state index contributed by atoms with van der Waals surface area (Å²) in [7, 11) is 0. The standard InChI is InChI=1S/C29H27Cl2N3O3/c1-19(2)36-26-11-7-22(8-12-26)28-18-34(25-16-23(30)15-24(31)17-25)33-29(28)37-27-9-5-21(6-10-27)20(3)32-13-4-14-35/h5-12,14-19,32H,3-4,13H2,1-2H3. The van der Waals surface area contributed by atoms with Gasteiger partial charge in [0.1, 0.15) is 17.8 Å². The van der Waals surface area contributed by atoms with Crippen LogP contribution in [0.25, 0.3) is 22.5 Å². The molecule has 190 valence electrons. The number of carbonyl (C=O) groups is 1. The first-order valence-corrected chi connectivity index (χ1v) is 12.6. The van der Waals surface area contributed by atoms with Gasteiger partial charge in [0.2, 0.25) is 5.88 Å². The van der Waals surface area contributed by atoms with Crippen LogP contribution in [0, 0.1) is 0 Å². The van der Waals surface area contributed by atoms with Crippen LogP contribution in [0.1, 0.15) is 25.8 Å². The molecule has 0 amide bonds. The Kier molecular flexibility index (Phi) is 8.54. The summed E-state index contributed by atoms with van der Waals surface area (Å²) in [6, 6.07) is 20.5. The molecule has 0 radical (unpaired) electrons. The highest BCUT2D eigenvalue weighted by Gasteiger charge is 2.16. The molecule has 37 heavy (non-hydrogen) atoms. The van der Waals surface area contributed by atoms with Crippen molar-refractivity contribution in [2.24, 2.45) is 0 Å². The van der Waals surface area contributed by atoms with Gasteiger partial charge in [-0.3, -0.25) is 0 Å². The van der Waals surface area contributed by atoms with Crippen molar-refractivity contribution in [3.8, 4) is 34.2 Å². The number of aromatic nitrogens is 2. The Labute approximate surface area is 226 Å². The van der Waals surface area contributed by atoms with Gasteiger partial charge in [0.05, 0.1) is 17.4 Å². The van der Waals surface area contributed by atoms with E-state index in [0.717, 1.165) is 34.4 Å². The van der Waals surface area contributed by atoms with Crippen LogP contribution in [0.3, 0.4) is 0 Å². The van der Waals surface area contributed by atoms with Crippen molar-refractivity contribution < 1.29 is 14.3 Å². The Morgan fingerprint density at radius 1 is 1.03 bits per heavy atom. The lowest BCUT2D eigenvalue weighted by Gasteiger charge is -2.11. The highest BCUT2D eigenvalue weighted by molar-refractivity contribution is 6.34. The Bertz CT molecular complexity index is 1360. The number of benzene rings is 3. The largest absolute Gasteiger partial charge is 0.491 e. The zero-order valence-electron chi connectivity index (χ0n) is 20.6. The summed E-state index contributed by atoms with van der Waals surface area (Å²) in [5.41, 5.74) is 4.05. The number of hydrogen-bond donors (Lipinski definition) is 1. The van der Waals surface area contributed by atoms with E-state index < -0.39 is 0 Å². The van der Waals surface area contributed by atoms with Gasteiger partial charge >= 0.3 is 0 Å². The van der Waals surface area contributed by atoms with Gasteiger partial charge in [-0.05, 0) is 79.6 Å². The fourth-order valence-electron chi connectivity index (χ4n) is 3.64. The minimum atomic E-state index is 0.0827. The molecule has 0 fully saturated rings. The molecule has 0 spiro atoms. The van der Waals surface area contributed by atoms with E-state index in [1.54, 1.807) is 22.9 Å². The fraction of sp³-hybridized carbons (Fsp3) is 0.172. The van der Waals surface area contributed by atoms with Crippen molar-refractivity contribution in [1.82, 2.24) is 15.1 Å². The second-order valence-electron chi connectivity index (χ2n) is 8.60. The summed E-state index contributed by atoms with van der Waals surface area (Å²) < 4.78 is 13.7. The lowest BCUT2D eigenvalue weighted by molar-refractivity contribution is -0.107. The van der Waals surface area contributed by atoms with Crippen LogP contribution in [-0.2, 0) is 4.79 Å². The molecule has 0 saturated heterocycles. The molecule has 0 unspecified atom stereocenters. The van der Waals surface area contributed by atoms with Crippen LogP contribution in [-0.4, -0.2) is 28.7 Å². The van der Waals surface area contributed by atoms with Crippen LogP contribution in [0.5, 0.6) is 17.4 Å². The van der Waals surface area contributed by atoms with Gasteiger partial charge in [-0.15, -0.1) is 5.10 Å². The number of rotatable bonds is 11. The third-order valence-electron chi connectivity index (χ3n) is 5.35. The molecule has 0 aliphatic rings. The van der Waals surface area contributed by atoms with Crippen LogP contribution < -0.4 is 14.8 Å². The molecule has 0 aliphatic heterocycles. The van der Waals surface area contributed by atoms with Crippen molar-refractivity contribution in [3.05, 3.63) is 95.1 Å². The Hall–Kier alpha value is -3.74. The van der Waals surface area contributed by atoms with E-state index in [0.29, 0.717) is 40.3 Å². The van der Waals surface area contributed by atoms with E-state index in [1.807, 2.05) is 68.6 Å². The quantitative estimate of drug-likeness (QED) is 0.158. The summed E-state index contributed by atoms with van der Waals surface area (Å²) in [5.74, 6) is 1.82. The van der Waals surface area contributed by atoms with Crippen LogP contribution in [0.4, 0.5) is 0 Å². The van der Waals surface area contributed by atoms with Gasteiger partial charge in [-0.25, -0.2) is 4.68 Å². The number of ether oxygens (including phenoxy) is 2. The molecule has 0 atom stereocenters. The molecular weight excluding hydrogens is 509 g/mol. The second-order valence-corrected chi connectivity index (χ2v) is 9.47. The molecular formula is C29H27Cl2N3O3. The Morgan fingerprint density at radius 3 is 2.30 bits per heavy atom. The molecule has 4 aromatic rings. The molecule has 8 heteroatoms. The first kappa shape index (κ1) is 26.3. The van der Waals surface area contributed by atoms with E-state index >= 15 is 0 Å². The Morgan fingerprint density at radius 2 is 1.68 bits per heavy atom. The van der Waals surface area contributed by atoms with Crippen molar-refractivity contribution in [3.63, 3.8) is 0 Å². The second kappa shape index (κ2) is 12.0. The van der Waals surface area contributed by atoms with E-state index in [9.17, 15) is 4.79 Å². The van der Waals surface area contributed by atoms with E-state index in [-0.39, 0.29) is 6.10 Å². The molecule has 0 saturated carbocycles. The van der Waals surface area contributed by atoms with Crippen molar-refractivity contribution >= 4 is 35.2 Å². The number of hydrogen-bond acceptors (Lipinski definition) is 5. The molecule has 3 aromatic carbocycles. The third-order valence-corrected chi connectivity index (χ3v) is 5.78. The highest BCUT2D eigenvalue weighted by atomic mass is 35.5. The lowest BCUT2D eigenvalue weighted by Crippen LogP contribution is -2.13. The monoisotopic (exact) mass is 535 g/mol. The molecule has 0 bridgehead atoms. The average molecular weight is 536 g/mol. The van der Waals surface area contributed by atoms with E-state index in [2.05, 4.69) is 11.9 Å². The predicted octanol–water partition coefficient (Wildman–Crippen LogP) is 7.57. The minimum absolute atomic E-state index is 0.0827. The Balaban J connectivity index is 1.65. The number of halogens is 2. The number of aldehydes is 1. The van der Waals surface area contributed by atoms with Crippen molar-refractivity contribution in [2.45, 2.75) is 26.4 Å². The van der Waals surface area contributed by atoms with E-state index in [4.69, 9.17) is 37.8 Å². The van der Waals surface area contributed by atoms with Gasteiger partial charge < -0.3 is 19.6 Å². The highest BCUT2D eigenvalue weighted by Crippen LogP contribution is 2.35. The summed E-state index contributed by atoms with van der Waals surface area (Å²) >= 11 is 12.5. The summed E-state index contributed by atoms with van der Waals surface area (Å²) in [4.78, 5) is 10.5. The minimum Gasteiger partial charge on any atom is -0.491 e. The number of nitrogens with zero attached hydrogens (tertiary/aromatic N) is 2. The van der Waals surface area contributed by atoms with Gasteiger partial charge in [0.15, 0.2) is 0 Å². The van der Waals surface area contributed by atoms with Gasteiger partial charge in [-0.2, -0.15) is 0 Å². The van der Waals surface area contributed by atoms with Crippen molar-refractivity contribution in [1.29, 1.82) is 0 Å². The number of nitrogens with one attached hydrogen (secondary N) is 1. The summed E-state index contributed by atoms with van der Waals surface area (Å²) in [6.45, 7) is 8.54. The lowest BCUT2D eigenvalue weighted by atomic mass is 10.1. The molecule has 0 aliphatic carbocycles. The molecule has 1 aromatic heterocycles. The average Bonchev–Trinajstić information content (AvgIpc) is 3.28. The summed E-state index contributed by atoms with van der Waals surface area (Å²) in [6.07, 6.45) is 3.26. The SMILES string of the molecule is C=C(NCCC=O)c1ccc(Oc2nn(-c3cc(Cl)cc(Cl)c3)cc2-c2ccc(OC(C)C)cc2)cc1. The zero-order chi connectivity index (χ0) is 26.4. The smallest absolute Gasteiger partial charge is 0.246 e. The first-order chi connectivity index (χ1) is 17.8. The zero-order valence-corrected chi connectivity index (χ0v) is 22.1. The molecule has 1 N–H and O–H groups in total. The van der Waals surface area contributed by atoms with Gasteiger partial charge in [-0.1, -0.05) is 41.9 Å². The predicted molar refractivity (Wildman–Crippen MR) is 149 cm³/mol. The topological polar surface area (TPSA) is 65.4 Å². The van der Waals surface area contributed by atoms with Crippen LogP contribution in [0.15, 0.2) is 79.5 Å². The normalized spacial score (nSPS) is 10.8. The van der Waals surface area contributed by atoms with Crippen molar-refractivity contribution in [2.75, 3.05) is 6.54 Å². The fourth-order valence-corrected chi connectivity index (χ4v) is 4.15. The summed E-state index contributed by atoms with van der Waals surface area (Å²) in [5, 5.41) is 8.85. The maximum absolute atomic E-state index is 10.5. The molecule has 4 rings (SSSR count).